The molecule has 118 valence electrons. The highest BCUT2D eigenvalue weighted by Crippen LogP contribution is 2.12. The third-order valence-corrected chi connectivity index (χ3v) is 4.09. The van der Waals surface area contributed by atoms with Gasteiger partial charge in [-0.15, -0.1) is 0 Å². The van der Waals surface area contributed by atoms with E-state index in [9.17, 15) is 14.4 Å². The maximum atomic E-state index is 11.7. The van der Waals surface area contributed by atoms with E-state index in [1.54, 1.807) is 4.81 Å². The van der Waals surface area contributed by atoms with Crippen LogP contribution in [0, 0.1) is 5.92 Å². The van der Waals surface area contributed by atoms with E-state index in [1.165, 1.54) is 17.1 Å². The largest absolute Gasteiger partial charge is 0.356 e. The molecular formula is C15H22BN3O3. The summed E-state index contributed by atoms with van der Waals surface area (Å²) in [6.07, 6.45) is 6.43. The van der Waals surface area contributed by atoms with Crippen molar-refractivity contribution in [1.82, 2.24) is 15.0 Å². The number of carbonyl (C=O) groups is 3. The summed E-state index contributed by atoms with van der Waals surface area (Å²) in [5.74, 6) is 0.0283. The smallest absolute Gasteiger partial charge is 0.253 e. The van der Waals surface area contributed by atoms with Crippen molar-refractivity contribution in [3.8, 4) is 0 Å². The average molecular weight is 303 g/mol. The molecule has 0 aromatic rings. The zero-order valence-electron chi connectivity index (χ0n) is 12.8. The number of imide groups is 1. The molecule has 6 nitrogen and oxygen atoms in total. The molecule has 0 spiro atoms. The Kier molecular flexibility index (Phi) is 6.18. The summed E-state index contributed by atoms with van der Waals surface area (Å²) >= 11 is 0. The first-order valence-corrected chi connectivity index (χ1v) is 7.86. The molecule has 2 aliphatic rings. The second-order valence-electron chi connectivity index (χ2n) is 5.93. The van der Waals surface area contributed by atoms with Crippen LogP contribution in [-0.4, -0.2) is 61.6 Å². The molecule has 0 saturated carbocycles. The second-order valence-corrected chi connectivity index (χ2v) is 5.93. The van der Waals surface area contributed by atoms with Crippen LogP contribution < -0.4 is 5.32 Å². The fraction of sp³-hybridized carbons (Fsp3) is 0.667. The molecule has 0 bridgehead atoms. The maximum absolute atomic E-state index is 11.7. The predicted molar refractivity (Wildman–Crippen MR) is 82.8 cm³/mol. The third kappa shape index (κ3) is 4.98. The molecule has 2 heterocycles. The van der Waals surface area contributed by atoms with Gasteiger partial charge in [0.2, 0.25) is 5.91 Å². The lowest BCUT2D eigenvalue weighted by molar-refractivity contribution is -0.136. The van der Waals surface area contributed by atoms with Crippen LogP contribution in [0.5, 0.6) is 0 Å². The number of amides is 3. The second kappa shape index (κ2) is 8.12. The van der Waals surface area contributed by atoms with Crippen molar-refractivity contribution < 1.29 is 14.4 Å². The molecule has 7 heteroatoms. The van der Waals surface area contributed by atoms with Gasteiger partial charge in [-0.1, -0.05) is 6.42 Å². The number of hydrogen-bond acceptors (Lipinski definition) is 4. The number of rotatable bonds is 8. The van der Waals surface area contributed by atoms with Gasteiger partial charge in [0.1, 0.15) is 0 Å². The maximum Gasteiger partial charge on any atom is 0.253 e. The van der Waals surface area contributed by atoms with Gasteiger partial charge in [-0.3, -0.25) is 19.3 Å². The van der Waals surface area contributed by atoms with Crippen molar-refractivity contribution in [2.45, 2.75) is 32.1 Å². The van der Waals surface area contributed by atoms with Gasteiger partial charge in [0, 0.05) is 31.7 Å². The lowest BCUT2D eigenvalue weighted by Crippen LogP contribution is -2.31. The van der Waals surface area contributed by atoms with Crippen LogP contribution in [0.1, 0.15) is 32.1 Å². The zero-order valence-corrected chi connectivity index (χ0v) is 12.8. The van der Waals surface area contributed by atoms with Crippen LogP contribution in [0.2, 0.25) is 0 Å². The number of carbonyl (C=O) groups excluding carboxylic acids is 3. The minimum absolute atomic E-state index is 0.0606. The normalized spacial score (nSPS) is 21.8. The van der Waals surface area contributed by atoms with Gasteiger partial charge in [-0.25, -0.2) is 0 Å². The highest BCUT2D eigenvalue weighted by molar-refractivity contribution is 6.12. The van der Waals surface area contributed by atoms with E-state index in [0.29, 0.717) is 25.4 Å². The topological polar surface area (TPSA) is 69.7 Å². The van der Waals surface area contributed by atoms with Crippen molar-refractivity contribution in [2.75, 3.05) is 26.2 Å². The minimum Gasteiger partial charge on any atom is -0.356 e. The van der Waals surface area contributed by atoms with Crippen molar-refractivity contribution in [3.05, 3.63) is 12.2 Å². The molecule has 2 aliphatic heterocycles. The number of nitrogens with one attached hydrogen (secondary N) is 1. The molecule has 3 amide bonds. The van der Waals surface area contributed by atoms with Crippen LogP contribution in [0.15, 0.2) is 12.2 Å². The molecule has 1 N–H and O–H groups in total. The van der Waals surface area contributed by atoms with Crippen LogP contribution in [0.4, 0.5) is 0 Å². The molecule has 0 aromatic carbocycles. The highest BCUT2D eigenvalue weighted by atomic mass is 16.2. The number of nitrogens with zero attached hydrogens (tertiary/aromatic N) is 2. The summed E-state index contributed by atoms with van der Waals surface area (Å²) in [7, 11) is 5.68. The Hall–Kier alpha value is -1.63. The Labute approximate surface area is 132 Å². The van der Waals surface area contributed by atoms with Crippen molar-refractivity contribution in [3.63, 3.8) is 0 Å². The third-order valence-electron chi connectivity index (χ3n) is 4.09. The zero-order chi connectivity index (χ0) is 15.9. The summed E-state index contributed by atoms with van der Waals surface area (Å²) in [5.41, 5.74) is 0. The Morgan fingerprint density at radius 2 is 1.95 bits per heavy atom. The van der Waals surface area contributed by atoms with E-state index in [4.69, 9.17) is 7.98 Å². The minimum atomic E-state index is -0.242. The van der Waals surface area contributed by atoms with Gasteiger partial charge >= 0.3 is 0 Å². The molecule has 2 radical (unpaired) electrons. The fourth-order valence-corrected chi connectivity index (χ4v) is 2.76. The summed E-state index contributed by atoms with van der Waals surface area (Å²) < 4.78 is 0. The van der Waals surface area contributed by atoms with E-state index in [0.717, 1.165) is 38.8 Å². The molecule has 0 unspecified atom stereocenters. The lowest BCUT2D eigenvalue weighted by Gasteiger charge is -2.13. The predicted octanol–water partition coefficient (Wildman–Crippen LogP) is -0.00660. The van der Waals surface area contributed by atoms with Crippen molar-refractivity contribution >= 4 is 25.7 Å². The van der Waals surface area contributed by atoms with Gasteiger partial charge < -0.3 is 10.1 Å². The summed E-state index contributed by atoms with van der Waals surface area (Å²) in [4.78, 5) is 37.4. The first kappa shape index (κ1) is 16.7. The van der Waals surface area contributed by atoms with E-state index in [-0.39, 0.29) is 17.7 Å². The van der Waals surface area contributed by atoms with Crippen LogP contribution in [0.25, 0.3) is 0 Å². The molecular weight excluding hydrogens is 281 g/mol. The van der Waals surface area contributed by atoms with Gasteiger partial charge in [0.05, 0.1) is 0 Å². The van der Waals surface area contributed by atoms with Crippen molar-refractivity contribution in [2.24, 2.45) is 5.92 Å². The molecule has 1 fully saturated rings. The summed E-state index contributed by atoms with van der Waals surface area (Å²) in [6.45, 7) is 2.85. The quantitative estimate of drug-likeness (QED) is 0.389. The average Bonchev–Trinajstić information content (AvgIpc) is 3.04. The molecule has 2 rings (SSSR count). The SMILES string of the molecule is [B]N1CC[C@H](CNC(=O)CCCCCN2C(=O)C=CC2=O)C1. The molecule has 1 saturated heterocycles. The Bertz CT molecular complexity index is 449. The Balaban J connectivity index is 1.49. The first-order chi connectivity index (χ1) is 10.6. The van der Waals surface area contributed by atoms with Crippen LogP contribution >= 0.6 is 0 Å². The Morgan fingerprint density at radius 3 is 2.59 bits per heavy atom. The summed E-state index contributed by atoms with van der Waals surface area (Å²) in [5, 5.41) is 2.94. The molecule has 0 aromatic heterocycles. The van der Waals surface area contributed by atoms with Crippen LogP contribution in [-0.2, 0) is 14.4 Å². The van der Waals surface area contributed by atoms with Gasteiger partial charge in [0.25, 0.3) is 11.8 Å². The van der Waals surface area contributed by atoms with E-state index in [2.05, 4.69) is 5.32 Å². The molecule has 22 heavy (non-hydrogen) atoms. The number of unbranched alkanes of at least 4 members (excludes halogenated alkanes) is 2. The van der Waals surface area contributed by atoms with E-state index >= 15 is 0 Å². The monoisotopic (exact) mass is 303 g/mol. The lowest BCUT2D eigenvalue weighted by atomic mass is 10.1. The van der Waals surface area contributed by atoms with E-state index in [1.807, 2.05) is 0 Å². The van der Waals surface area contributed by atoms with Gasteiger partial charge in [-0.2, -0.15) is 0 Å². The molecule has 1 atom stereocenters. The Morgan fingerprint density at radius 1 is 1.23 bits per heavy atom. The molecule has 0 aliphatic carbocycles. The number of hydrogen-bond donors (Lipinski definition) is 1. The first-order valence-electron chi connectivity index (χ1n) is 7.86. The fourth-order valence-electron chi connectivity index (χ4n) is 2.76. The highest BCUT2D eigenvalue weighted by Gasteiger charge is 2.22. The van der Waals surface area contributed by atoms with E-state index < -0.39 is 0 Å². The van der Waals surface area contributed by atoms with Crippen molar-refractivity contribution in [1.29, 1.82) is 0 Å². The summed E-state index contributed by atoms with van der Waals surface area (Å²) in [6, 6.07) is 0. The standard InChI is InChI=1S/C15H22BN3O3/c16-18-9-7-12(11-18)10-17-13(20)4-2-1-3-8-19-14(21)5-6-15(19)22/h5-6,12H,1-4,7-11H2,(H,17,20)/t12-/m1/s1. The van der Waals surface area contributed by atoms with Gasteiger partial charge in [0.15, 0.2) is 7.98 Å². The van der Waals surface area contributed by atoms with Crippen LogP contribution in [0.3, 0.4) is 0 Å². The van der Waals surface area contributed by atoms with Gasteiger partial charge in [-0.05, 0) is 38.3 Å².